The first kappa shape index (κ1) is 8.20. The van der Waals surface area contributed by atoms with Crippen molar-refractivity contribution in [2.45, 2.75) is 31.6 Å². The van der Waals surface area contributed by atoms with Gasteiger partial charge in [0.2, 0.25) is 0 Å². The molecule has 1 aliphatic carbocycles. The van der Waals surface area contributed by atoms with Crippen molar-refractivity contribution in [3.05, 3.63) is 16.6 Å². The highest BCUT2D eigenvalue weighted by atomic mass is 32.1. The number of aromatic nitrogens is 1. The van der Waals surface area contributed by atoms with E-state index >= 15 is 0 Å². The summed E-state index contributed by atoms with van der Waals surface area (Å²) in [5, 5.41) is 0. The van der Waals surface area contributed by atoms with Gasteiger partial charge in [-0.2, -0.15) is 4.37 Å². The second kappa shape index (κ2) is 3.54. The molecule has 0 radical (unpaired) electrons. The predicted octanol–water partition coefficient (Wildman–Crippen LogP) is 1.91. The molecular weight excluding hydrogens is 168 g/mol. The van der Waals surface area contributed by atoms with Crippen LogP contribution in [0.1, 0.15) is 35.8 Å². The number of nitrogens with two attached hydrogens (primary N) is 1. The molecule has 1 fully saturated rings. The molecule has 0 bridgehead atoms. The summed E-state index contributed by atoms with van der Waals surface area (Å²) in [6, 6.07) is 2.26. The number of hydrogen-bond acceptors (Lipinski definition) is 3. The molecule has 0 atom stereocenters. The maximum Gasteiger partial charge on any atom is 0.0575 e. The van der Waals surface area contributed by atoms with Crippen molar-refractivity contribution in [1.82, 2.24) is 4.37 Å². The molecule has 2 rings (SSSR count). The minimum atomic E-state index is 0.788. The Bertz CT molecular complexity index is 253. The van der Waals surface area contributed by atoms with Crippen molar-refractivity contribution in [3.63, 3.8) is 0 Å². The second-order valence-electron chi connectivity index (χ2n) is 3.38. The molecule has 0 unspecified atom stereocenters. The van der Waals surface area contributed by atoms with E-state index in [-0.39, 0.29) is 0 Å². The van der Waals surface area contributed by atoms with E-state index < -0.39 is 0 Å². The van der Waals surface area contributed by atoms with Crippen LogP contribution in [0.5, 0.6) is 0 Å². The minimum absolute atomic E-state index is 0.788. The molecule has 0 spiro atoms. The average molecular weight is 182 g/mol. The number of nitrogens with zero attached hydrogens (tertiary/aromatic N) is 1. The second-order valence-corrected chi connectivity index (χ2v) is 4.27. The molecule has 1 saturated carbocycles. The highest BCUT2D eigenvalue weighted by Crippen LogP contribution is 2.40. The molecule has 0 aliphatic heterocycles. The minimum Gasteiger partial charge on any atom is -0.330 e. The summed E-state index contributed by atoms with van der Waals surface area (Å²) in [4.78, 5) is 1.40. The lowest BCUT2D eigenvalue weighted by atomic mass is 10.2. The highest BCUT2D eigenvalue weighted by molar-refractivity contribution is 7.05. The van der Waals surface area contributed by atoms with Crippen LogP contribution in [0.25, 0.3) is 0 Å². The largest absolute Gasteiger partial charge is 0.330 e. The first-order valence-electron chi connectivity index (χ1n) is 4.55. The number of aryl methyl sites for hydroxylation is 1. The molecule has 1 heterocycles. The third-order valence-corrected chi connectivity index (χ3v) is 3.06. The maximum atomic E-state index is 5.44. The average Bonchev–Trinajstić information content (AvgIpc) is 2.83. The quantitative estimate of drug-likeness (QED) is 0.772. The SMILES string of the molecule is NCCCc1cc(C2CC2)ns1. The van der Waals surface area contributed by atoms with Gasteiger partial charge >= 0.3 is 0 Å². The van der Waals surface area contributed by atoms with Gasteiger partial charge in [-0.1, -0.05) is 0 Å². The first-order chi connectivity index (χ1) is 5.90. The Morgan fingerprint density at radius 1 is 1.58 bits per heavy atom. The van der Waals surface area contributed by atoms with Crippen molar-refractivity contribution >= 4 is 11.5 Å². The lowest BCUT2D eigenvalue weighted by Gasteiger charge is -1.90. The third kappa shape index (κ3) is 1.84. The highest BCUT2D eigenvalue weighted by Gasteiger charge is 2.25. The zero-order chi connectivity index (χ0) is 8.39. The number of hydrogen-bond donors (Lipinski definition) is 1. The Balaban J connectivity index is 1.93. The molecule has 66 valence electrons. The molecule has 2 nitrogen and oxygen atoms in total. The van der Waals surface area contributed by atoms with Crippen LogP contribution in [0.15, 0.2) is 6.07 Å². The standard InChI is InChI=1S/C9H14N2S/c10-5-1-2-8-6-9(11-12-8)7-3-4-7/h6-7H,1-5,10H2. The van der Waals surface area contributed by atoms with Gasteiger partial charge in [-0.3, -0.25) is 0 Å². The number of rotatable bonds is 4. The summed E-state index contributed by atoms with van der Waals surface area (Å²) in [6.45, 7) is 0.788. The summed E-state index contributed by atoms with van der Waals surface area (Å²) >= 11 is 1.65. The smallest absolute Gasteiger partial charge is 0.0575 e. The third-order valence-electron chi connectivity index (χ3n) is 2.20. The maximum absolute atomic E-state index is 5.44. The van der Waals surface area contributed by atoms with Crippen LogP contribution in [0.2, 0.25) is 0 Å². The lowest BCUT2D eigenvalue weighted by molar-refractivity contribution is 0.842. The molecule has 0 amide bonds. The van der Waals surface area contributed by atoms with Crippen LogP contribution >= 0.6 is 11.5 Å². The van der Waals surface area contributed by atoms with E-state index in [9.17, 15) is 0 Å². The van der Waals surface area contributed by atoms with Crippen molar-refractivity contribution in [3.8, 4) is 0 Å². The molecule has 1 aromatic rings. The lowest BCUT2D eigenvalue weighted by Crippen LogP contribution is -1.99. The Morgan fingerprint density at radius 2 is 2.42 bits per heavy atom. The monoisotopic (exact) mass is 182 g/mol. The van der Waals surface area contributed by atoms with Gasteiger partial charge in [0.1, 0.15) is 0 Å². The molecule has 12 heavy (non-hydrogen) atoms. The van der Waals surface area contributed by atoms with E-state index in [1.165, 1.54) is 23.4 Å². The van der Waals surface area contributed by atoms with E-state index in [0.29, 0.717) is 0 Å². The van der Waals surface area contributed by atoms with Gasteiger partial charge in [-0.15, -0.1) is 0 Å². The molecule has 1 aromatic heterocycles. The van der Waals surface area contributed by atoms with Crippen LogP contribution in [0.4, 0.5) is 0 Å². The molecule has 1 aliphatic rings. The van der Waals surface area contributed by atoms with Crippen molar-refractivity contribution < 1.29 is 0 Å². The summed E-state index contributed by atoms with van der Waals surface area (Å²) in [6.07, 6.45) is 4.90. The Morgan fingerprint density at radius 3 is 3.08 bits per heavy atom. The molecule has 0 aromatic carbocycles. The van der Waals surface area contributed by atoms with Gasteiger partial charge in [-0.25, -0.2) is 0 Å². The molecule has 0 saturated heterocycles. The predicted molar refractivity (Wildman–Crippen MR) is 51.5 cm³/mol. The van der Waals surface area contributed by atoms with E-state index in [2.05, 4.69) is 10.4 Å². The normalized spacial score (nSPS) is 16.8. The van der Waals surface area contributed by atoms with Gasteiger partial charge in [-0.05, 0) is 49.8 Å². The fourth-order valence-corrected chi connectivity index (χ4v) is 2.13. The Labute approximate surface area is 77.0 Å². The van der Waals surface area contributed by atoms with Crippen LogP contribution in [0, 0.1) is 0 Å². The van der Waals surface area contributed by atoms with Crippen molar-refractivity contribution in [2.24, 2.45) is 5.73 Å². The Hall–Kier alpha value is -0.410. The van der Waals surface area contributed by atoms with Crippen molar-refractivity contribution in [2.75, 3.05) is 6.54 Å². The van der Waals surface area contributed by atoms with Gasteiger partial charge < -0.3 is 5.73 Å². The summed E-state index contributed by atoms with van der Waals surface area (Å²) in [5.74, 6) is 0.799. The fourth-order valence-electron chi connectivity index (χ4n) is 1.29. The van der Waals surface area contributed by atoms with E-state index in [1.54, 1.807) is 11.5 Å². The van der Waals surface area contributed by atoms with Gasteiger partial charge in [0.05, 0.1) is 5.69 Å². The molecular formula is C9H14N2S. The summed E-state index contributed by atoms with van der Waals surface area (Å²) in [5.41, 5.74) is 6.77. The van der Waals surface area contributed by atoms with E-state index in [4.69, 9.17) is 5.73 Å². The van der Waals surface area contributed by atoms with Gasteiger partial charge in [0.15, 0.2) is 0 Å². The zero-order valence-electron chi connectivity index (χ0n) is 7.12. The van der Waals surface area contributed by atoms with Crippen LogP contribution < -0.4 is 5.73 Å². The van der Waals surface area contributed by atoms with Gasteiger partial charge in [0.25, 0.3) is 0 Å². The molecule has 2 N–H and O–H groups in total. The summed E-state index contributed by atoms with van der Waals surface area (Å²) in [7, 11) is 0. The van der Waals surface area contributed by atoms with E-state index in [0.717, 1.165) is 25.3 Å². The zero-order valence-corrected chi connectivity index (χ0v) is 7.94. The van der Waals surface area contributed by atoms with Crippen LogP contribution in [0.3, 0.4) is 0 Å². The molecule has 3 heteroatoms. The van der Waals surface area contributed by atoms with Crippen LogP contribution in [-0.2, 0) is 6.42 Å². The van der Waals surface area contributed by atoms with E-state index in [1.807, 2.05) is 0 Å². The van der Waals surface area contributed by atoms with Crippen LogP contribution in [-0.4, -0.2) is 10.9 Å². The summed E-state index contributed by atoms with van der Waals surface area (Å²) < 4.78 is 4.43. The topological polar surface area (TPSA) is 38.9 Å². The Kier molecular flexibility index (Phi) is 2.42. The first-order valence-corrected chi connectivity index (χ1v) is 5.33. The van der Waals surface area contributed by atoms with Crippen molar-refractivity contribution in [1.29, 1.82) is 0 Å². The van der Waals surface area contributed by atoms with Gasteiger partial charge in [0, 0.05) is 10.8 Å². The fraction of sp³-hybridized carbons (Fsp3) is 0.667.